The number of benzene rings is 1. The maximum absolute atomic E-state index is 12.5. The average molecular weight is 370 g/mol. The molecule has 26 heavy (non-hydrogen) atoms. The first-order valence-corrected chi connectivity index (χ1v) is 8.40. The smallest absolute Gasteiger partial charge is 0.358 e. The number of carbonyl (C=O) groups excluding carboxylic acids is 1. The zero-order chi connectivity index (χ0) is 18.8. The molecule has 0 bridgehead atoms. The predicted octanol–water partition coefficient (Wildman–Crippen LogP) is 3.23. The Morgan fingerprint density at radius 2 is 2.15 bits per heavy atom. The van der Waals surface area contributed by atoms with E-state index in [0.717, 1.165) is 11.1 Å². The highest BCUT2D eigenvalue weighted by atomic mass is 35.5. The SMILES string of the molecule is [B]C1=NOC(c2cc(N)c(Cl)c(C(=O)OCc3ccc(C)c(C)c3)n2)C1. The van der Waals surface area contributed by atoms with Gasteiger partial charge < -0.3 is 15.3 Å². The molecule has 0 fully saturated rings. The fraction of sp³-hybridized carbons (Fsp3) is 0.278. The van der Waals surface area contributed by atoms with Crippen molar-refractivity contribution in [1.82, 2.24) is 4.98 Å². The van der Waals surface area contributed by atoms with Gasteiger partial charge in [0, 0.05) is 12.0 Å². The van der Waals surface area contributed by atoms with Crippen molar-refractivity contribution in [3.05, 3.63) is 57.4 Å². The topological polar surface area (TPSA) is 86.8 Å². The van der Waals surface area contributed by atoms with E-state index in [1.54, 1.807) is 6.07 Å². The Morgan fingerprint density at radius 1 is 1.38 bits per heavy atom. The Kier molecular flexibility index (Phi) is 5.18. The molecule has 1 unspecified atom stereocenters. The van der Waals surface area contributed by atoms with Gasteiger partial charge in [0.05, 0.1) is 16.4 Å². The number of halogens is 1. The Morgan fingerprint density at radius 3 is 2.81 bits per heavy atom. The summed E-state index contributed by atoms with van der Waals surface area (Å²) in [7, 11) is 5.61. The summed E-state index contributed by atoms with van der Waals surface area (Å²) in [4.78, 5) is 21.9. The molecule has 1 aliphatic rings. The monoisotopic (exact) mass is 369 g/mol. The van der Waals surface area contributed by atoms with Gasteiger partial charge in [-0.2, -0.15) is 0 Å². The summed E-state index contributed by atoms with van der Waals surface area (Å²) >= 11 is 6.14. The summed E-state index contributed by atoms with van der Waals surface area (Å²) in [5.74, 6) is -0.659. The van der Waals surface area contributed by atoms with E-state index in [9.17, 15) is 4.79 Å². The highest BCUT2D eigenvalue weighted by molar-refractivity contribution is 6.59. The van der Waals surface area contributed by atoms with Crippen molar-refractivity contribution in [3.8, 4) is 0 Å². The van der Waals surface area contributed by atoms with Gasteiger partial charge in [0.25, 0.3) is 0 Å². The van der Waals surface area contributed by atoms with Crippen molar-refractivity contribution in [1.29, 1.82) is 0 Å². The minimum Gasteiger partial charge on any atom is -0.456 e. The lowest BCUT2D eigenvalue weighted by atomic mass is 9.95. The zero-order valence-electron chi connectivity index (χ0n) is 14.5. The van der Waals surface area contributed by atoms with E-state index in [1.807, 2.05) is 32.0 Å². The van der Waals surface area contributed by atoms with E-state index in [1.165, 1.54) is 5.56 Å². The molecule has 1 atom stereocenters. The van der Waals surface area contributed by atoms with Crippen LogP contribution in [0.25, 0.3) is 0 Å². The second kappa shape index (κ2) is 7.37. The number of ether oxygens (including phenoxy) is 1. The Labute approximate surface area is 157 Å². The van der Waals surface area contributed by atoms with Crippen LogP contribution in [0, 0.1) is 13.8 Å². The van der Waals surface area contributed by atoms with E-state index in [2.05, 4.69) is 10.1 Å². The van der Waals surface area contributed by atoms with Crippen LogP contribution in [0.1, 0.15) is 45.4 Å². The largest absolute Gasteiger partial charge is 0.456 e. The first kappa shape index (κ1) is 18.3. The van der Waals surface area contributed by atoms with E-state index in [-0.39, 0.29) is 23.0 Å². The van der Waals surface area contributed by atoms with Crippen LogP contribution in [0.3, 0.4) is 0 Å². The Hall–Kier alpha value is -2.54. The first-order chi connectivity index (χ1) is 12.3. The third-order valence-electron chi connectivity index (χ3n) is 4.16. The number of hydrogen-bond donors (Lipinski definition) is 1. The lowest BCUT2D eigenvalue weighted by Crippen LogP contribution is -2.13. The molecule has 1 aromatic heterocycles. The first-order valence-electron chi connectivity index (χ1n) is 8.02. The van der Waals surface area contributed by atoms with Gasteiger partial charge in [-0.3, -0.25) is 0 Å². The zero-order valence-corrected chi connectivity index (χ0v) is 15.2. The van der Waals surface area contributed by atoms with E-state index < -0.39 is 12.1 Å². The molecule has 0 saturated carbocycles. The van der Waals surface area contributed by atoms with Gasteiger partial charge in [-0.15, -0.1) is 5.16 Å². The van der Waals surface area contributed by atoms with Crippen molar-refractivity contribution in [2.45, 2.75) is 33.0 Å². The molecule has 2 radical (unpaired) electrons. The summed E-state index contributed by atoms with van der Waals surface area (Å²) < 4.78 is 5.35. The number of nitrogen functional groups attached to an aromatic ring is 1. The summed E-state index contributed by atoms with van der Waals surface area (Å²) in [5, 5.41) is 3.72. The lowest BCUT2D eigenvalue weighted by molar-refractivity contribution is 0.0462. The molecule has 0 aliphatic carbocycles. The predicted molar refractivity (Wildman–Crippen MR) is 100 cm³/mol. The third kappa shape index (κ3) is 3.83. The van der Waals surface area contributed by atoms with Gasteiger partial charge in [0.15, 0.2) is 11.8 Å². The van der Waals surface area contributed by atoms with Crippen LogP contribution >= 0.6 is 11.6 Å². The van der Waals surface area contributed by atoms with Crippen LogP contribution in [0.5, 0.6) is 0 Å². The van der Waals surface area contributed by atoms with E-state index >= 15 is 0 Å². The van der Waals surface area contributed by atoms with Crippen molar-refractivity contribution < 1.29 is 14.4 Å². The van der Waals surface area contributed by atoms with E-state index in [0.29, 0.717) is 17.7 Å². The molecule has 0 amide bonds. The number of rotatable bonds is 4. The number of pyridine rings is 1. The molecular formula is C18H17BClN3O3. The van der Waals surface area contributed by atoms with E-state index in [4.69, 9.17) is 34.8 Å². The Balaban J connectivity index is 1.77. The molecule has 132 valence electrons. The number of nitrogens with zero attached hydrogens (tertiary/aromatic N) is 2. The van der Waals surface area contributed by atoms with Gasteiger partial charge in [-0.25, -0.2) is 9.78 Å². The molecule has 2 heterocycles. The number of hydrogen-bond acceptors (Lipinski definition) is 6. The molecular weight excluding hydrogens is 352 g/mol. The van der Waals surface area contributed by atoms with Gasteiger partial charge in [0.2, 0.25) is 0 Å². The minimum absolute atomic E-state index is 0.0470. The number of aryl methyl sites for hydroxylation is 2. The molecule has 0 spiro atoms. The normalized spacial score (nSPS) is 16.1. The van der Waals surface area contributed by atoms with Crippen molar-refractivity contribution in [2.75, 3.05) is 5.73 Å². The highest BCUT2D eigenvalue weighted by Gasteiger charge is 2.25. The number of oxime groups is 1. The van der Waals surface area contributed by atoms with Crippen LogP contribution in [0.4, 0.5) is 5.69 Å². The fourth-order valence-electron chi connectivity index (χ4n) is 2.53. The number of esters is 1. The quantitative estimate of drug-likeness (QED) is 0.660. The molecule has 0 saturated heterocycles. The molecule has 6 nitrogen and oxygen atoms in total. The highest BCUT2D eigenvalue weighted by Crippen LogP contribution is 2.31. The van der Waals surface area contributed by atoms with Gasteiger partial charge in [-0.05, 0) is 36.6 Å². The molecule has 1 aromatic carbocycles. The minimum atomic E-state index is -0.659. The number of carbonyl (C=O) groups is 1. The maximum Gasteiger partial charge on any atom is 0.358 e. The molecule has 8 heteroatoms. The number of aromatic nitrogens is 1. The van der Waals surface area contributed by atoms with Crippen LogP contribution in [0.2, 0.25) is 5.02 Å². The fourth-order valence-corrected chi connectivity index (χ4v) is 2.71. The molecule has 2 aromatic rings. The summed E-state index contributed by atoms with van der Waals surface area (Å²) in [5.41, 5.74) is 10.0. The summed E-state index contributed by atoms with van der Waals surface area (Å²) in [6, 6.07) is 7.39. The summed E-state index contributed by atoms with van der Waals surface area (Å²) in [6.07, 6.45) is -0.133. The lowest BCUT2D eigenvalue weighted by Gasteiger charge is -2.13. The van der Waals surface area contributed by atoms with Crippen LogP contribution < -0.4 is 5.73 Å². The third-order valence-corrected chi connectivity index (χ3v) is 4.56. The number of nitrogens with two attached hydrogens (primary N) is 1. The average Bonchev–Trinajstić information content (AvgIpc) is 3.04. The second-order valence-electron chi connectivity index (χ2n) is 6.17. The molecule has 1 aliphatic heterocycles. The molecule has 3 rings (SSSR count). The van der Waals surface area contributed by atoms with Crippen LogP contribution in [0.15, 0.2) is 29.4 Å². The van der Waals surface area contributed by atoms with Crippen molar-refractivity contribution in [3.63, 3.8) is 0 Å². The van der Waals surface area contributed by atoms with Gasteiger partial charge in [0.1, 0.15) is 14.5 Å². The standard InChI is InChI=1S/C18H17BClN3O3/c1-9-3-4-11(5-10(9)2)8-25-18(24)17-16(20)12(21)6-13(22-17)14-7-15(19)23-26-14/h3-6,14H,7-8H2,1-2H3,(H2,21,22). The van der Waals surface area contributed by atoms with Crippen molar-refractivity contribution >= 4 is 36.7 Å². The Bertz CT molecular complexity index is 901. The van der Waals surface area contributed by atoms with Crippen LogP contribution in [-0.4, -0.2) is 24.4 Å². The van der Waals surface area contributed by atoms with Crippen LogP contribution in [-0.2, 0) is 16.2 Å². The maximum atomic E-state index is 12.5. The molecule has 2 N–H and O–H groups in total. The van der Waals surface area contributed by atoms with Gasteiger partial charge >= 0.3 is 5.97 Å². The number of anilines is 1. The van der Waals surface area contributed by atoms with Crippen molar-refractivity contribution in [2.24, 2.45) is 5.16 Å². The summed E-state index contributed by atoms with van der Waals surface area (Å²) in [6.45, 7) is 4.13. The second-order valence-corrected chi connectivity index (χ2v) is 6.55. The van der Waals surface area contributed by atoms with Gasteiger partial charge in [-0.1, -0.05) is 29.8 Å².